The summed E-state index contributed by atoms with van der Waals surface area (Å²) in [6.45, 7) is 37.0. The number of nitrogens with zero attached hydrogens (tertiary/aromatic N) is 12. The summed E-state index contributed by atoms with van der Waals surface area (Å²) in [5.41, 5.74) is 9.97. The summed E-state index contributed by atoms with van der Waals surface area (Å²) < 4.78 is 104. The molecule has 16 rings (SSSR count). The van der Waals surface area contributed by atoms with Gasteiger partial charge in [-0.15, -0.1) is 0 Å². The lowest BCUT2D eigenvalue weighted by Gasteiger charge is -2.38. The van der Waals surface area contributed by atoms with Crippen molar-refractivity contribution in [2.75, 3.05) is 52.9 Å². The Kier molecular flexibility index (Phi) is 29.5. The average molecular weight is 1790 g/mol. The van der Waals surface area contributed by atoms with Gasteiger partial charge in [0.15, 0.2) is 23.1 Å². The van der Waals surface area contributed by atoms with Crippen molar-refractivity contribution in [3.63, 3.8) is 0 Å². The Morgan fingerprint density at radius 3 is 0.792 bits per heavy atom. The highest BCUT2D eigenvalue weighted by molar-refractivity contribution is 6.04. The molecule has 2 N–H and O–H groups in total. The van der Waals surface area contributed by atoms with E-state index in [1.165, 1.54) is 27.7 Å². The number of aromatic nitrogens is 12. The molecule has 8 atom stereocenters. The van der Waals surface area contributed by atoms with E-state index in [1.54, 1.807) is 125 Å². The van der Waals surface area contributed by atoms with Crippen molar-refractivity contribution < 1.29 is 84.8 Å². The van der Waals surface area contributed by atoms with Gasteiger partial charge < -0.3 is 48.1 Å². The number of hydrogen-bond acceptors (Lipinski definition) is 22. The number of hydrogen-bond donors (Lipinski definition) is 2. The zero-order valence-electron chi connectivity index (χ0n) is 77.5. The van der Waals surface area contributed by atoms with E-state index in [0.29, 0.717) is 169 Å². The maximum absolute atomic E-state index is 13.3. The Morgan fingerprint density at radius 2 is 0.592 bits per heavy atom. The van der Waals surface area contributed by atoms with Crippen molar-refractivity contribution >= 4 is 67.3 Å². The van der Waals surface area contributed by atoms with E-state index in [2.05, 4.69) is 33.8 Å². The van der Waals surface area contributed by atoms with Gasteiger partial charge in [-0.3, -0.25) is 57.8 Å². The molecule has 26 nitrogen and oxygen atoms in total. The third kappa shape index (κ3) is 22.0. The lowest BCUT2D eigenvalue weighted by Crippen LogP contribution is -2.45. The van der Waals surface area contributed by atoms with E-state index in [1.807, 2.05) is 123 Å². The van der Waals surface area contributed by atoms with Gasteiger partial charge in [-0.1, -0.05) is 62.4 Å². The molecule has 4 aliphatic heterocycles. The molecule has 4 unspecified atom stereocenters. The van der Waals surface area contributed by atoms with E-state index in [4.69, 9.17) is 58.3 Å². The lowest BCUT2D eigenvalue weighted by molar-refractivity contribution is -0.0594. The minimum absolute atomic E-state index is 0.0275. The third-order valence-corrected chi connectivity index (χ3v) is 24.6. The van der Waals surface area contributed by atoms with E-state index in [-0.39, 0.29) is 71.0 Å². The lowest BCUT2D eigenvalue weighted by atomic mass is 9.69. The van der Waals surface area contributed by atoms with Crippen LogP contribution in [0.25, 0.3) is 89.2 Å². The van der Waals surface area contributed by atoms with Crippen LogP contribution >= 0.6 is 0 Å². The number of carbonyl (C=O) groups excluding carboxylic acids is 4. The van der Waals surface area contributed by atoms with Gasteiger partial charge in [0.2, 0.25) is 25.4 Å². The van der Waals surface area contributed by atoms with Gasteiger partial charge in [-0.2, -0.15) is 20.4 Å². The molecule has 0 amide bonds. The quantitative estimate of drug-likeness (QED) is 0.0312. The van der Waals surface area contributed by atoms with E-state index in [0.717, 1.165) is 57.2 Å². The first-order chi connectivity index (χ1) is 61.5. The van der Waals surface area contributed by atoms with Crippen LogP contribution in [0.1, 0.15) is 242 Å². The second kappa shape index (κ2) is 39.8. The normalized spacial score (nSPS) is 19.7. The smallest absolute Gasteiger partial charge is 0.235 e. The molecule has 0 spiro atoms. The predicted octanol–water partition coefficient (Wildman–Crippen LogP) is 21.0. The average Bonchev–Trinajstić information content (AvgIpc) is 1.67. The molecule has 12 aromatic rings. The molecule has 12 heterocycles. The van der Waals surface area contributed by atoms with Gasteiger partial charge in [-0.05, 0) is 182 Å². The van der Waals surface area contributed by atoms with Crippen molar-refractivity contribution in [1.82, 2.24) is 59.1 Å². The Morgan fingerprint density at radius 1 is 0.362 bits per heavy atom. The number of aliphatic hydroxyl groups is 2. The molecule has 692 valence electrons. The summed E-state index contributed by atoms with van der Waals surface area (Å²) in [6.07, 6.45) is 4.98. The summed E-state index contributed by atoms with van der Waals surface area (Å²) in [6, 6.07) is 36.1. The number of halogens is 4. The third-order valence-electron chi connectivity index (χ3n) is 24.6. The molecular weight excluding hydrogens is 1670 g/mol. The number of rotatable bonds is 30. The first-order valence-corrected chi connectivity index (χ1v) is 44.6. The van der Waals surface area contributed by atoms with Gasteiger partial charge in [0.05, 0.1) is 59.7 Å². The molecule has 0 aliphatic carbocycles. The highest BCUT2D eigenvalue weighted by Gasteiger charge is 2.50. The van der Waals surface area contributed by atoms with Gasteiger partial charge in [-0.25, -0.2) is 17.6 Å². The highest BCUT2D eigenvalue weighted by Crippen LogP contribution is 2.47. The first-order valence-electron chi connectivity index (χ1n) is 44.6. The molecule has 4 aromatic carbocycles. The largest absolute Gasteiger partial charge is 0.461 e. The van der Waals surface area contributed by atoms with Crippen LogP contribution in [0.2, 0.25) is 0 Å². The zero-order chi connectivity index (χ0) is 93.7. The fourth-order valence-electron chi connectivity index (χ4n) is 17.0. The van der Waals surface area contributed by atoms with Gasteiger partial charge in [0, 0.05) is 195 Å². The number of Topliss-reactive ketones (excluding diaryl/α,β-unsaturated/α-hetero) is 4. The fraction of sp³-hybridized carbons (Fsp3) is 0.480. The molecule has 4 saturated heterocycles. The van der Waals surface area contributed by atoms with Crippen molar-refractivity contribution in [3.05, 3.63) is 168 Å². The SMILES string of the molecule is CC(F)Oc1cccc(-c2nn(C(C)C)c3cc(C(=O)C[C@@]4(C(C)(C)O)CCOC4)cnc23)c1.CC(F)Oc1cccc(-c2nn(C(C)C)c3cc(C(=O)C[C@@]4(C)CCOC4)cnc23)c1.CC(F)Oc1cccc(-c2nn(C(C)C)c3cc(C(=O)C[C@]4(C(C)(C)O)CCOC4)cnc23)c1.CC(F)Oc1cccc(-c2nn(C(C)C)c3cc(C(=O)C[C@]4(C)CCOC4)cnc23)c1. The number of ketones is 4. The van der Waals surface area contributed by atoms with Crippen molar-refractivity contribution in [2.24, 2.45) is 21.7 Å². The van der Waals surface area contributed by atoms with Crippen LogP contribution in [0.5, 0.6) is 23.0 Å². The van der Waals surface area contributed by atoms with Crippen LogP contribution in [0.15, 0.2) is 146 Å². The first kappa shape index (κ1) is 96.3. The number of alkyl halides is 4. The summed E-state index contributed by atoms with van der Waals surface area (Å²) in [5.74, 6) is 1.61. The zero-order valence-corrected chi connectivity index (χ0v) is 77.5. The summed E-state index contributed by atoms with van der Waals surface area (Å²) >= 11 is 0. The molecule has 4 aliphatic rings. The second-order valence-electron chi connectivity index (χ2n) is 37.6. The standard InChI is InChI=1S/2C26H32FN3O4.2C24H28FN3O3/c2*1-16(2)30-21-12-19(22(31)13-26(25(4,5)32)9-10-33-15-26)14-28-24(21)23(29-30)18-7-6-8-20(11-18)34-17(3)27;2*1-15(2)28-20-11-18(21(29)12-24(4)8-9-30-14-24)13-26-23(20)22(27-28)17-6-5-7-19(10-17)31-16(3)25/h2*6-8,11-12,14,16-17,32H,9-10,13,15H2,1-5H3;2*5-7,10-11,13,15-16H,8-9,12,14H2,1-4H3/t2*17?,26-;2*16?,24-/m1010/s1. The molecule has 0 saturated carbocycles. The molecule has 0 bridgehead atoms. The maximum Gasteiger partial charge on any atom is 0.235 e. The molecule has 8 aromatic heterocycles. The molecule has 130 heavy (non-hydrogen) atoms. The minimum Gasteiger partial charge on any atom is -0.461 e. The van der Waals surface area contributed by atoms with Crippen molar-refractivity contribution in [1.29, 1.82) is 0 Å². The highest BCUT2D eigenvalue weighted by atomic mass is 19.2. The summed E-state index contributed by atoms with van der Waals surface area (Å²) in [4.78, 5) is 71.1. The molecule has 30 heteroatoms. The Hall–Kier alpha value is -11.3. The van der Waals surface area contributed by atoms with Crippen LogP contribution in [0.4, 0.5) is 17.6 Å². The molecular formula is C100H120F4N12O14. The minimum atomic E-state index is -1.43. The number of pyridine rings is 4. The van der Waals surface area contributed by atoms with Crippen molar-refractivity contribution in [3.8, 4) is 68.0 Å². The second-order valence-corrected chi connectivity index (χ2v) is 37.6. The van der Waals surface area contributed by atoms with Crippen LogP contribution in [-0.2, 0) is 18.9 Å². The maximum atomic E-state index is 13.3. The van der Waals surface area contributed by atoms with Crippen LogP contribution in [0, 0.1) is 21.7 Å². The molecule has 4 fully saturated rings. The van der Waals surface area contributed by atoms with E-state index < -0.39 is 47.5 Å². The fourth-order valence-corrected chi connectivity index (χ4v) is 17.0. The summed E-state index contributed by atoms with van der Waals surface area (Å²) in [7, 11) is 0. The van der Waals surface area contributed by atoms with Crippen LogP contribution < -0.4 is 18.9 Å². The van der Waals surface area contributed by atoms with Crippen LogP contribution in [0.3, 0.4) is 0 Å². The monoisotopic (exact) mass is 1790 g/mol. The number of fused-ring (bicyclic) bond motifs is 4. The number of ether oxygens (including phenoxy) is 8. The predicted molar refractivity (Wildman–Crippen MR) is 489 cm³/mol. The van der Waals surface area contributed by atoms with Gasteiger partial charge >= 0.3 is 0 Å². The number of benzene rings is 4. The topological polar surface area (TPSA) is 305 Å². The van der Waals surface area contributed by atoms with E-state index >= 15 is 0 Å². The Labute approximate surface area is 755 Å². The summed E-state index contributed by atoms with van der Waals surface area (Å²) in [5, 5.41) is 40.6. The Balaban J connectivity index is 0.000000148. The van der Waals surface area contributed by atoms with Gasteiger partial charge in [0.1, 0.15) is 67.8 Å². The van der Waals surface area contributed by atoms with Crippen LogP contribution in [-0.4, -0.2) is 182 Å². The number of carbonyl (C=O) groups is 4. The van der Waals surface area contributed by atoms with Crippen molar-refractivity contribution in [2.45, 2.75) is 237 Å². The Bertz CT molecular complexity index is 5670. The molecule has 0 radical (unpaired) electrons. The van der Waals surface area contributed by atoms with Gasteiger partial charge in [0.25, 0.3) is 0 Å². The van der Waals surface area contributed by atoms with E-state index in [9.17, 15) is 47.0 Å².